The van der Waals surface area contributed by atoms with E-state index in [0.29, 0.717) is 11.1 Å². The summed E-state index contributed by atoms with van der Waals surface area (Å²) in [6.45, 7) is 0. The lowest BCUT2D eigenvalue weighted by Gasteiger charge is -2.10. The first kappa shape index (κ1) is 27.6. The van der Waals surface area contributed by atoms with Crippen molar-refractivity contribution in [1.82, 2.24) is 8.25 Å². The molecule has 0 heterocycles. The van der Waals surface area contributed by atoms with Gasteiger partial charge in [-0.2, -0.15) is 0 Å². The van der Waals surface area contributed by atoms with Gasteiger partial charge < -0.3 is 0 Å². The van der Waals surface area contributed by atoms with Crippen molar-refractivity contribution in [2.45, 2.75) is 19.6 Å². The number of hydrogen-bond donors (Lipinski definition) is 2. The normalized spacial score (nSPS) is 12.7. The van der Waals surface area contributed by atoms with E-state index >= 15 is 0 Å². The first-order valence-corrected chi connectivity index (χ1v) is 16.6. The van der Waals surface area contributed by atoms with Gasteiger partial charge in [-0.3, -0.25) is 0 Å². The summed E-state index contributed by atoms with van der Waals surface area (Å²) in [6.07, 6.45) is 0. The summed E-state index contributed by atoms with van der Waals surface area (Å²) in [7, 11) is -17.5. The van der Waals surface area contributed by atoms with Crippen LogP contribution in [-0.4, -0.2) is 33.7 Å². The summed E-state index contributed by atoms with van der Waals surface area (Å²) >= 11 is 0. The van der Waals surface area contributed by atoms with Crippen LogP contribution in [0.25, 0.3) is 11.1 Å². The maximum absolute atomic E-state index is 12.6. The largest absolute Gasteiger partial charge is 0.253 e. The van der Waals surface area contributed by atoms with Crippen molar-refractivity contribution in [2.24, 2.45) is 0 Å². The Kier molecular flexibility index (Phi) is 7.56. The Balaban J connectivity index is 1.52. The number of sulfonamides is 4. The van der Waals surface area contributed by atoms with Crippen LogP contribution in [0, 0.1) is 0 Å². The quantitative estimate of drug-likeness (QED) is 0.300. The fourth-order valence-corrected chi connectivity index (χ4v) is 9.20. The third kappa shape index (κ3) is 6.18. The fraction of sp³-hybridized carbons (Fsp3) is 0. The first-order valence-electron chi connectivity index (χ1n) is 10.7. The molecule has 0 saturated carbocycles. The Morgan fingerprint density at radius 1 is 0.316 bits per heavy atom. The SMILES string of the molecule is O=S(=O)(NS(=O)(=O)c1ccc(-c2ccc(S(=O)(=O)NS(=O)(=O)c3ccccc3)cc2)cc1)c1ccccc1. The standard InChI is InChI=1S/C24H20N2O8S4/c27-35(28,21-7-3-1-4-8-21)25-37(31,32)23-15-11-19(12-16-23)20-13-17-24(18-14-20)38(33,34)26-36(29,30)22-9-5-2-6-10-22/h1-18,25-26H. The van der Waals surface area contributed by atoms with Gasteiger partial charge in [0.05, 0.1) is 19.6 Å². The summed E-state index contributed by atoms with van der Waals surface area (Å²) in [4.78, 5) is -1.01. The minimum absolute atomic E-state index is 0.207. The molecule has 14 heteroatoms. The van der Waals surface area contributed by atoms with E-state index in [9.17, 15) is 33.7 Å². The molecule has 4 aromatic rings. The molecule has 0 aliphatic carbocycles. The fourth-order valence-electron chi connectivity index (χ4n) is 3.33. The van der Waals surface area contributed by atoms with E-state index in [2.05, 4.69) is 0 Å². The third-order valence-corrected chi connectivity index (χ3v) is 12.3. The Morgan fingerprint density at radius 3 is 0.816 bits per heavy atom. The van der Waals surface area contributed by atoms with E-state index in [1.807, 2.05) is 0 Å². The molecule has 2 N–H and O–H groups in total. The lowest BCUT2D eigenvalue weighted by Crippen LogP contribution is -2.30. The molecule has 0 amide bonds. The summed E-state index contributed by atoms with van der Waals surface area (Å²) in [5.41, 5.74) is 1.01. The van der Waals surface area contributed by atoms with Crippen LogP contribution in [-0.2, 0) is 40.1 Å². The number of hydrogen-bond acceptors (Lipinski definition) is 8. The van der Waals surface area contributed by atoms with E-state index in [4.69, 9.17) is 0 Å². The van der Waals surface area contributed by atoms with Crippen molar-refractivity contribution in [1.29, 1.82) is 0 Å². The number of nitrogens with one attached hydrogen (secondary N) is 2. The smallest absolute Gasteiger partial charge is 0.206 e. The van der Waals surface area contributed by atoms with Crippen LogP contribution in [0.15, 0.2) is 129 Å². The van der Waals surface area contributed by atoms with Crippen LogP contribution in [0.2, 0.25) is 0 Å². The first-order chi connectivity index (χ1) is 17.8. The molecule has 4 aromatic carbocycles. The zero-order chi connectivity index (χ0) is 27.6. The average molecular weight is 593 g/mol. The van der Waals surface area contributed by atoms with Crippen molar-refractivity contribution >= 4 is 40.1 Å². The van der Waals surface area contributed by atoms with Crippen molar-refractivity contribution < 1.29 is 33.7 Å². The molecule has 0 unspecified atom stereocenters. The van der Waals surface area contributed by atoms with Gasteiger partial charge in [0.2, 0.25) is 0 Å². The summed E-state index contributed by atoms with van der Waals surface area (Å²) < 4.78 is 104. The van der Waals surface area contributed by atoms with Crippen molar-refractivity contribution in [3.05, 3.63) is 109 Å². The van der Waals surface area contributed by atoms with Crippen LogP contribution in [0.5, 0.6) is 0 Å². The summed E-state index contributed by atoms with van der Waals surface area (Å²) in [6, 6.07) is 24.6. The van der Waals surface area contributed by atoms with Gasteiger partial charge >= 0.3 is 0 Å². The van der Waals surface area contributed by atoms with Crippen LogP contribution < -0.4 is 8.25 Å². The van der Waals surface area contributed by atoms with Crippen LogP contribution >= 0.6 is 0 Å². The third-order valence-electron chi connectivity index (χ3n) is 5.21. The monoisotopic (exact) mass is 592 g/mol. The van der Waals surface area contributed by atoms with Crippen LogP contribution in [0.4, 0.5) is 0 Å². The van der Waals surface area contributed by atoms with Gasteiger partial charge in [0.15, 0.2) is 0 Å². The van der Waals surface area contributed by atoms with Crippen molar-refractivity contribution in [3.8, 4) is 11.1 Å². The maximum Gasteiger partial charge on any atom is 0.253 e. The molecular weight excluding hydrogens is 573 g/mol. The zero-order valence-electron chi connectivity index (χ0n) is 19.3. The van der Waals surface area contributed by atoms with Crippen LogP contribution in [0.1, 0.15) is 0 Å². The molecule has 0 aromatic heterocycles. The molecule has 0 atom stereocenters. The van der Waals surface area contributed by atoms with Gasteiger partial charge in [0.25, 0.3) is 40.1 Å². The molecular formula is C24H20N2O8S4. The molecule has 0 radical (unpaired) electrons. The summed E-state index contributed by atoms with van der Waals surface area (Å²) in [5.74, 6) is 0. The molecule has 0 fully saturated rings. The molecule has 0 spiro atoms. The molecule has 0 saturated heterocycles. The molecule has 0 bridgehead atoms. The van der Waals surface area contributed by atoms with Crippen LogP contribution in [0.3, 0.4) is 0 Å². The second kappa shape index (κ2) is 10.4. The highest BCUT2D eigenvalue weighted by molar-refractivity contribution is 8.05. The Morgan fingerprint density at radius 2 is 0.553 bits per heavy atom. The minimum atomic E-state index is -4.41. The van der Waals surface area contributed by atoms with Gasteiger partial charge in [-0.05, 0) is 59.7 Å². The van der Waals surface area contributed by atoms with E-state index in [-0.39, 0.29) is 19.6 Å². The second-order valence-corrected chi connectivity index (χ2v) is 15.1. The van der Waals surface area contributed by atoms with Crippen molar-refractivity contribution in [3.63, 3.8) is 0 Å². The van der Waals surface area contributed by atoms with Gasteiger partial charge in [-0.1, -0.05) is 60.7 Å². The molecule has 198 valence electrons. The van der Waals surface area contributed by atoms with E-state index in [1.165, 1.54) is 97.1 Å². The van der Waals surface area contributed by atoms with Gasteiger partial charge in [-0.15, -0.1) is 8.25 Å². The Labute approximate surface area is 221 Å². The molecule has 10 nitrogen and oxygen atoms in total. The Bertz CT molecular complexity index is 1730. The molecule has 4 rings (SSSR count). The van der Waals surface area contributed by atoms with Gasteiger partial charge in [0, 0.05) is 0 Å². The van der Waals surface area contributed by atoms with E-state index in [0.717, 1.165) is 0 Å². The van der Waals surface area contributed by atoms with E-state index < -0.39 is 40.1 Å². The topological polar surface area (TPSA) is 161 Å². The van der Waals surface area contributed by atoms with Gasteiger partial charge in [-0.25, -0.2) is 33.7 Å². The molecule has 38 heavy (non-hydrogen) atoms. The molecule has 0 aliphatic rings. The zero-order valence-corrected chi connectivity index (χ0v) is 22.6. The maximum atomic E-state index is 12.6. The number of benzene rings is 4. The highest BCUT2D eigenvalue weighted by atomic mass is 32.3. The average Bonchev–Trinajstić information content (AvgIpc) is 2.89. The second-order valence-electron chi connectivity index (χ2n) is 7.86. The Hall–Kier alpha value is -3.40. The lowest BCUT2D eigenvalue weighted by molar-refractivity contribution is 0.573. The predicted octanol–water partition coefficient (Wildman–Crippen LogP) is 2.69. The highest BCUT2D eigenvalue weighted by Crippen LogP contribution is 2.24. The summed E-state index contributed by atoms with van der Waals surface area (Å²) in [5, 5.41) is 0. The van der Waals surface area contributed by atoms with E-state index in [1.54, 1.807) is 20.4 Å². The van der Waals surface area contributed by atoms with Gasteiger partial charge in [0.1, 0.15) is 0 Å². The number of rotatable bonds is 9. The highest BCUT2D eigenvalue weighted by Gasteiger charge is 2.25. The molecule has 0 aliphatic heterocycles. The lowest BCUT2D eigenvalue weighted by atomic mass is 10.1. The minimum Gasteiger partial charge on any atom is -0.206 e. The predicted molar refractivity (Wildman–Crippen MR) is 140 cm³/mol. The van der Waals surface area contributed by atoms with Crippen molar-refractivity contribution in [2.75, 3.05) is 0 Å².